The van der Waals surface area contributed by atoms with Crippen molar-refractivity contribution in [1.29, 1.82) is 0 Å². The molecule has 1 unspecified atom stereocenters. The maximum atomic E-state index is 13.0. The van der Waals surface area contributed by atoms with Crippen molar-refractivity contribution in [2.45, 2.75) is 32.7 Å². The second-order valence-electron chi connectivity index (χ2n) is 4.32. The van der Waals surface area contributed by atoms with E-state index in [1.807, 2.05) is 6.92 Å². The minimum atomic E-state index is -0.807. The van der Waals surface area contributed by atoms with E-state index in [0.717, 1.165) is 44.2 Å². The number of benzene rings is 1. The molecule has 1 aromatic rings. The number of nitrogens with one attached hydrogen (secondary N) is 1. The molecule has 2 nitrogen and oxygen atoms in total. The second kappa shape index (κ2) is 8.16. The Morgan fingerprint density at radius 2 is 2.00 bits per heavy atom. The monoisotopic (exact) mass is 257 g/mol. The van der Waals surface area contributed by atoms with E-state index < -0.39 is 11.6 Å². The fourth-order valence-corrected chi connectivity index (χ4v) is 1.64. The lowest BCUT2D eigenvalue weighted by Crippen LogP contribution is -2.21. The van der Waals surface area contributed by atoms with Crippen molar-refractivity contribution in [3.63, 3.8) is 0 Å². The lowest BCUT2D eigenvalue weighted by molar-refractivity contribution is 0.132. The molecule has 0 fully saturated rings. The largest absolute Gasteiger partial charge is 0.381 e. The van der Waals surface area contributed by atoms with Gasteiger partial charge in [-0.15, -0.1) is 0 Å². The van der Waals surface area contributed by atoms with Gasteiger partial charge in [-0.3, -0.25) is 0 Å². The summed E-state index contributed by atoms with van der Waals surface area (Å²) in [6.07, 6.45) is 1.94. The second-order valence-corrected chi connectivity index (χ2v) is 4.32. The molecule has 0 aromatic heterocycles. The summed E-state index contributed by atoms with van der Waals surface area (Å²) in [4.78, 5) is 0. The Labute approximate surface area is 107 Å². The first-order chi connectivity index (χ1) is 8.65. The molecule has 102 valence electrons. The Balaban J connectivity index is 2.27. The maximum absolute atomic E-state index is 13.0. The van der Waals surface area contributed by atoms with Crippen LogP contribution < -0.4 is 5.32 Å². The van der Waals surface area contributed by atoms with Gasteiger partial charge in [0.2, 0.25) is 0 Å². The third-order valence-electron chi connectivity index (χ3n) is 2.71. The van der Waals surface area contributed by atoms with Crippen LogP contribution in [0.1, 0.15) is 38.3 Å². The van der Waals surface area contributed by atoms with E-state index in [4.69, 9.17) is 4.74 Å². The third kappa shape index (κ3) is 5.10. The van der Waals surface area contributed by atoms with E-state index in [0.29, 0.717) is 0 Å². The van der Waals surface area contributed by atoms with Crippen LogP contribution in [0, 0.1) is 11.6 Å². The van der Waals surface area contributed by atoms with Crippen molar-refractivity contribution >= 4 is 0 Å². The summed E-state index contributed by atoms with van der Waals surface area (Å²) in [6, 6.07) is 4.00. The first-order valence-corrected chi connectivity index (χ1v) is 6.41. The smallest absolute Gasteiger partial charge is 0.159 e. The first kappa shape index (κ1) is 15.1. The van der Waals surface area contributed by atoms with E-state index in [2.05, 4.69) is 12.2 Å². The Kier molecular flexibility index (Phi) is 6.83. The van der Waals surface area contributed by atoms with Gasteiger partial charge in [-0.25, -0.2) is 8.78 Å². The number of hydrogen-bond acceptors (Lipinski definition) is 2. The van der Waals surface area contributed by atoms with Gasteiger partial charge in [0.25, 0.3) is 0 Å². The molecule has 0 amide bonds. The molecule has 0 saturated heterocycles. The lowest BCUT2D eigenvalue weighted by Gasteiger charge is -2.14. The summed E-state index contributed by atoms with van der Waals surface area (Å²) in [6.45, 7) is 6.32. The van der Waals surface area contributed by atoms with E-state index in [1.54, 1.807) is 6.07 Å². The molecule has 4 heteroatoms. The number of halogens is 2. The highest BCUT2D eigenvalue weighted by molar-refractivity contribution is 5.20. The fraction of sp³-hybridized carbons (Fsp3) is 0.571. The predicted molar refractivity (Wildman–Crippen MR) is 68.5 cm³/mol. The van der Waals surface area contributed by atoms with Gasteiger partial charge in [0, 0.05) is 19.3 Å². The molecule has 1 aromatic carbocycles. The average Bonchev–Trinajstić information content (AvgIpc) is 2.36. The molecule has 1 atom stereocenters. The Morgan fingerprint density at radius 3 is 2.67 bits per heavy atom. The predicted octanol–water partition coefficient (Wildman–Crippen LogP) is 3.43. The molecule has 0 aliphatic carbocycles. The van der Waals surface area contributed by atoms with Crippen LogP contribution in [0.3, 0.4) is 0 Å². The van der Waals surface area contributed by atoms with E-state index in [-0.39, 0.29) is 6.04 Å². The molecule has 0 radical (unpaired) electrons. The standard InChI is InChI=1S/C14H21F2NO/c1-3-8-18-9-4-7-17-11(2)12-5-6-13(15)14(16)10-12/h5-6,10-11,17H,3-4,7-9H2,1-2H3. The maximum Gasteiger partial charge on any atom is 0.159 e. The molecule has 0 saturated carbocycles. The zero-order chi connectivity index (χ0) is 13.4. The Morgan fingerprint density at radius 1 is 1.22 bits per heavy atom. The van der Waals surface area contributed by atoms with Crippen LogP contribution in [-0.4, -0.2) is 19.8 Å². The Bertz CT molecular complexity index is 358. The molecule has 0 heterocycles. The molecular weight excluding hydrogens is 236 g/mol. The number of ether oxygens (including phenoxy) is 1. The average molecular weight is 257 g/mol. The molecule has 1 rings (SSSR count). The van der Waals surface area contributed by atoms with Crippen LogP contribution in [0.25, 0.3) is 0 Å². The normalized spacial score (nSPS) is 12.7. The van der Waals surface area contributed by atoms with Crippen LogP contribution in [0.15, 0.2) is 18.2 Å². The van der Waals surface area contributed by atoms with Crippen LogP contribution in [0.5, 0.6) is 0 Å². The van der Waals surface area contributed by atoms with E-state index in [9.17, 15) is 8.78 Å². The summed E-state index contributed by atoms with van der Waals surface area (Å²) in [5.74, 6) is -1.61. The highest BCUT2D eigenvalue weighted by Crippen LogP contribution is 2.15. The SMILES string of the molecule is CCCOCCCNC(C)c1ccc(F)c(F)c1. The minimum absolute atomic E-state index is 0.00581. The zero-order valence-corrected chi connectivity index (χ0v) is 11.0. The van der Waals surface area contributed by atoms with Crippen molar-refractivity contribution in [3.05, 3.63) is 35.4 Å². The summed E-state index contributed by atoms with van der Waals surface area (Å²) < 4.78 is 31.2. The van der Waals surface area contributed by atoms with Gasteiger partial charge in [0.05, 0.1) is 0 Å². The molecule has 0 bridgehead atoms. The van der Waals surface area contributed by atoms with Crippen molar-refractivity contribution in [2.75, 3.05) is 19.8 Å². The van der Waals surface area contributed by atoms with Crippen molar-refractivity contribution in [2.24, 2.45) is 0 Å². The quantitative estimate of drug-likeness (QED) is 0.720. The van der Waals surface area contributed by atoms with Gasteiger partial charge in [0.15, 0.2) is 11.6 Å². The molecule has 0 aliphatic heterocycles. The highest BCUT2D eigenvalue weighted by atomic mass is 19.2. The molecule has 0 spiro atoms. The van der Waals surface area contributed by atoms with Crippen LogP contribution in [0.4, 0.5) is 8.78 Å². The summed E-state index contributed by atoms with van der Waals surface area (Å²) >= 11 is 0. The van der Waals surface area contributed by atoms with Crippen LogP contribution in [0.2, 0.25) is 0 Å². The van der Waals surface area contributed by atoms with Gasteiger partial charge in [-0.1, -0.05) is 13.0 Å². The highest BCUT2D eigenvalue weighted by Gasteiger charge is 2.08. The summed E-state index contributed by atoms with van der Waals surface area (Å²) in [5, 5.41) is 3.25. The molecular formula is C14H21F2NO. The van der Waals surface area contributed by atoms with Crippen LogP contribution in [-0.2, 0) is 4.74 Å². The molecule has 18 heavy (non-hydrogen) atoms. The van der Waals surface area contributed by atoms with E-state index >= 15 is 0 Å². The lowest BCUT2D eigenvalue weighted by atomic mass is 10.1. The van der Waals surface area contributed by atoms with E-state index in [1.165, 1.54) is 6.07 Å². The topological polar surface area (TPSA) is 21.3 Å². The van der Waals surface area contributed by atoms with Crippen molar-refractivity contribution < 1.29 is 13.5 Å². The summed E-state index contributed by atoms with van der Waals surface area (Å²) in [5.41, 5.74) is 0.753. The summed E-state index contributed by atoms with van der Waals surface area (Å²) in [7, 11) is 0. The number of rotatable bonds is 8. The van der Waals surface area contributed by atoms with Gasteiger partial charge >= 0.3 is 0 Å². The van der Waals surface area contributed by atoms with Gasteiger partial charge in [-0.05, 0) is 44.0 Å². The number of hydrogen-bond donors (Lipinski definition) is 1. The van der Waals surface area contributed by atoms with Gasteiger partial charge in [0.1, 0.15) is 0 Å². The van der Waals surface area contributed by atoms with Gasteiger partial charge in [-0.2, -0.15) is 0 Å². The van der Waals surface area contributed by atoms with Crippen molar-refractivity contribution in [3.8, 4) is 0 Å². The Hall–Kier alpha value is -1.00. The van der Waals surface area contributed by atoms with Crippen molar-refractivity contribution in [1.82, 2.24) is 5.32 Å². The van der Waals surface area contributed by atoms with Crippen LogP contribution >= 0.6 is 0 Å². The molecule has 0 aliphatic rings. The first-order valence-electron chi connectivity index (χ1n) is 6.41. The van der Waals surface area contributed by atoms with Gasteiger partial charge < -0.3 is 10.1 Å². The fourth-order valence-electron chi connectivity index (χ4n) is 1.64. The molecule has 1 N–H and O–H groups in total. The minimum Gasteiger partial charge on any atom is -0.381 e. The third-order valence-corrected chi connectivity index (χ3v) is 2.71. The zero-order valence-electron chi connectivity index (χ0n) is 11.0.